The lowest BCUT2D eigenvalue weighted by Gasteiger charge is -2.36. The molecular weight excluding hydrogens is 837 g/mol. The Morgan fingerprint density at radius 3 is 1.84 bits per heavy atom. The van der Waals surface area contributed by atoms with Crippen molar-refractivity contribution in [1.29, 1.82) is 0 Å². The molecule has 326 valence electrons. The fourth-order valence-corrected chi connectivity index (χ4v) is 12.9. The van der Waals surface area contributed by atoms with Crippen molar-refractivity contribution in [3.63, 3.8) is 0 Å². The zero-order valence-corrected chi connectivity index (χ0v) is 38.1. The van der Waals surface area contributed by atoms with Crippen LogP contribution in [0.1, 0.15) is 43.2 Å². The maximum Gasteiger partial charge on any atom is 0.135 e. The van der Waals surface area contributed by atoms with Crippen LogP contribution >= 0.6 is 0 Å². The Bertz CT molecular complexity index is 4000. The minimum absolute atomic E-state index is 0.0342. The van der Waals surface area contributed by atoms with E-state index in [1.54, 1.807) is 0 Å². The zero-order valence-electron chi connectivity index (χ0n) is 38.1. The highest BCUT2D eigenvalue weighted by molar-refractivity contribution is 6.23. The van der Waals surface area contributed by atoms with E-state index in [1.165, 1.54) is 126 Å². The Morgan fingerprint density at radius 2 is 1.03 bits per heavy atom. The Kier molecular flexibility index (Phi) is 8.30. The molecule has 3 heteroatoms. The summed E-state index contributed by atoms with van der Waals surface area (Å²) < 4.78 is 9.05. The fraction of sp³-hybridized carbons (Fsp3) is 0.0909. The van der Waals surface area contributed by atoms with Crippen molar-refractivity contribution in [2.75, 3.05) is 4.90 Å². The summed E-state index contributed by atoms with van der Waals surface area (Å²) >= 11 is 0. The maximum atomic E-state index is 6.43. The SMILES string of the molecule is c1ccc(-c2cc(-c3ccccc3)cc(N(c3cccc(-c4cc5c6c7c4c4ccccc4n7-c4ccccc4-c4cccc(c4-6)C54CCCCC4)c3)c3ccc4oc5ccccc5c4c3)c2)cc1. The van der Waals surface area contributed by atoms with Crippen LogP contribution in [-0.2, 0) is 5.41 Å². The molecule has 2 aliphatic carbocycles. The number of rotatable bonds is 6. The second-order valence-electron chi connectivity index (χ2n) is 19.5. The number of nitrogens with zero attached hydrogens (tertiary/aromatic N) is 2. The van der Waals surface area contributed by atoms with Crippen LogP contribution in [0.3, 0.4) is 0 Å². The second kappa shape index (κ2) is 14.8. The first-order chi connectivity index (χ1) is 34.2. The lowest BCUT2D eigenvalue weighted by Crippen LogP contribution is -2.28. The topological polar surface area (TPSA) is 21.3 Å². The van der Waals surface area contributed by atoms with Crippen LogP contribution in [0, 0.1) is 0 Å². The Balaban J connectivity index is 1.02. The number of benzene rings is 10. The van der Waals surface area contributed by atoms with Crippen LogP contribution in [-0.4, -0.2) is 4.57 Å². The summed E-state index contributed by atoms with van der Waals surface area (Å²) in [4.78, 5) is 2.46. The van der Waals surface area contributed by atoms with Crippen molar-refractivity contribution in [3.8, 4) is 61.3 Å². The number of furan rings is 1. The highest BCUT2D eigenvalue weighted by Gasteiger charge is 2.47. The van der Waals surface area contributed by atoms with E-state index < -0.39 is 0 Å². The number of fused-ring (bicyclic) bond motifs is 11. The van der Waals surface area contributed by atoms with Crippen LogP contribution in [0.4, 0.5) is 17.1 Å². The van der Waals surface area contributed by atoms with Crippen molar-refractivity contribution in [1.82, 2.24) is 4.57 Å². The molecule has 0 bridgehead atoms. The molecule has 1 fully saturated rings. The summed E-state index contributed by atoms with van der Waals surface area (Å²) in [6, 6.07) is 81.2. The van der Waals surface area contributed by atoms with Crippen molar-refractivity contribution in [3.05, 3.63) is 230 Å². The van der Waals surface area contributed by atoms with Gasteiger partial charge in [-0.25, -0.2) is 0 Å². The molecule has 3 nitrogen and oxygen atoms in total. The molecule has 1 aliphatic heterocycles. The van der Waals surface area contributed by atoms with Crippen LogP contribution in [0.2, 0.25) is 0 Å². The van der Waals surface area contributed by atoms with Crippen molar-refractivity contribution < 1.29 is 4.42 Å². The number of hydrogen-bond acceptors (Lipinski definition) is 2. The van der Waals surface area contributed by atoms with E-state index in [0.717, 1.165) is 39.0 Å². The number of aromatic nitrogens is 1. The molecule has 10 aromatic carbocycles. The van der Waals surface area contributed by atoms with Gasteiger partial charge in [0.05, 0.1) is 16.7 Å². The molecule has 3 aliphatic rings. The number of anilines is 3. The third-order valence-corrected chi connectivity index (χ3v) is 15.9. The van der Waals surface area contributed by atoms with Gasteiger partial charge in [-0.15, -0.1) is 0 Å². The smallest absolute Gasteiger partial charge is 0.135 e. The molecule has 0 amide bonds. The van der Waals surface area contributed by atoms with E-state index in [4.69, 9.17) is 4.42 Å². The van der Waals surface area contributed by atoms with E-state index >= 15 is 0 Å². The highest BCUT2D eigenvalue weighted by atomic mass is 16.3. The minimum Gasteiger partial charge on any atom is -0.456 e. The molecule has 3 heterocycles. The van der Waals surface area contributed by atoms with Crippen LogP contribution in [0.25, 0.3) is 105 Å². The molecule has 0 unspecified atom stereocenters. The average Bonchev–Trinajstić information content (AvgIpc) is 4.02. The summed E-state index contributed by atoms with van der Waals surface area (Å²) in [5.74, 6) is 0. The monoisotopic (exact) mass is 882 g/mol. The molecule has 0 saturated heterocycles. The fourth-order valence-electron chi connectivity index (χ4n) is 12.9. The lowest BCUT2D eigenvalue weighted by atomic mass is 9.67. The zero-order chi connectivity index (χ0) is 45.2. The van der Waals surface area contributed by atoms with Gasteiger partial charge in [0, 0.05) is 55.1 Å². The predicted octanol–water partition coefficient (Wildman–Crippen LogP) is 18.4. The van der Waals surface area contributed by atoms with Crippen LogP contribution in [0.5, 0.6) is 0 Å². The van der Waals surface area contributed by atoms with Gasteiger partial charge in [0.25, 0.3) is 0 Å². The van der Waals surface area contributed by atoms with Gasteiger partial charge in [0.1, 0.15) is 11.2 Å². The minimum atomic E-state index is -0.0342. The molecule has 2 aromatic heterocycles. The quantitative estimate of drug-likeness (QED) is 0.166. The third-order valence-electron chi connectivity index (χ3n) is 15.9. The highest BCUT2D eigenvalue weighted by Crippen LogP contribution is 2.63. The van der Waals surface area contributed by atoms with E-state index in [-0.39, 0.29) is 5.41 Å². The normalized spacial score (nSPS) is 14.2. The van der Waals surface area contributed by atoms with Gasteiger partial charge in [-0.3, -0.25) is 0 Å². The van der Waals surface area contributed by atoms with Gasteiger partial charge < -0.3 is 13.9 Å². The predicted molar refractivity (Wildman–Crippen MR) is 287 cm³/mol. The number of para-hydroxylation sites is 3. The first kappa shape index (κ1) is 38.7. The van der Waals surface area contributed by atoms with Crippen molar-refractivity contribution in [2.24, 2.45) is 0 Å². The summed E-state index contributed by atoms with van der Waals surface area (Å²) in [7, 11) is 0. The molecule has 12 aromatic rings. The Labute approximate surface area is 401 Å². The summed E-state index contributed by atoms with van der Waals surface area (Å²) in [5.41, 5.74) is 24.6. The molecular formula is C66H46N2O. The maximum absolute atomic E-state index is 6.43. The standard InChI is InChI=1S/C66H46N2O/c1-4-18-42(19-5-1)45-36-46(43-20-6-2-7-21-43)39-49(38-45)67(48-32-33-61-55(40-48)51-25-10-13-31-60(51)69-61)47-23-16-22-44(37-47)54-41-57-64-63-52(27-17-28-56(63)66(57)34-14-3-15-35-66)50-24-8-11-29-58(50)68-59-30-12-9-26-53(59)62(54)65(64)68/h1-2,4-13,16-33,36-41H,3,14-15,34-35H2. The Morgan fingerprint density at radius 1 is 0.391 bits per heavy atom. The molecule has 0 radical (unpaired) electrons. The molecule has 0 N–H and O–H groups in total. The Hall–Kier alpha value is -8.40. The lowest BCUT2D eigenvalue weighted by molar-refractivity contribution is 0.353. The summed E-state index contributed by atoms with van der Waals surface area (Å²) in [6.45, 7) is 0. The summed E-state index contributed by atoms with van der Waals surface area (Å²) in [5, 5.41) is 4.82. The van der Waals surface area contributed by atoms with Gasteiger partial charge in [0.15, 0.2) is 0 Å². The molecule has 0 atom stereocenters. The van der Waals surface area contributed by atoms with E-state index in [9.17, 15) is 0 Å². The van der Waals surface area contributed by atoms with Gasteiger partial charge >= 0.3 is 0 Å². The average molecular weight is 883 g/mol. The molecule has 15 rings (SSSR count). The largest absolute Gasteiger partial charge is 0.456 e. The van der Waals surface area contributed by atoms with Crippen LogP contribution < -0.4 is 4.90 Å². The first-order valence-electron chi connectivity index (χ1n) is 24.6. The number of hydrogen-bond donors (Lipinski definition) is 0. The van der Waals surface area contributed by atoms with Crippen LogP contribution in [0.15, 0.2) is 223 Å². The third kappa shape index (κ3) is 5.62. The molecule has 1 saturated carbocycles. The first-order valence-corrected chi connectivity index (χ1v) is 24.6. The van der Waals surface area contributed by atoms with Gasteiger partial charge in [-0.2, -0.15) is 0 Å². The van der Waals surface area contributed by atoms with E-state index in [2.05, 4.69) is 222 Å². The van der Waals surface area contributed by atoms with Crippen molar-refractivity contribution in [2.45, 2.75) is 37.5 Å². The van der Waals surface area contributed by atoms with E-state index in [0.29, 0.717) is 0 Å². The van der Waals surface area contributed by atoms with Crippen molar-refractivity contribution >= 4 is 60.8 Å². The second-order valence-corrected chi connectivity index (χ2v) is 19.5. The molecule has 1 spiro atoms. The van der Waals surface area contributed by atoms with E-state index in [1.807, 2.05) is 6.07 Å². The van der Waals surface area contributed by atoms with Gasteiger partial charge in [0.2, 0.25) is 0 Å². The molecule has 69 heavy (non-hydrogen) atoms. The van der Waals surface area contributed by atoms with Gasteiger partial charge in [-0.05, 0) is 141 Å². The van der Waals surface area contributed by atoms with Gasteiger partial charge in [-0.1, -0.05) is 165 Å². The summed E-state index contributed by atoms with van der Waals surface area (Å²) in [6.07, 6.45) is 6.11.